The van der Waals surface area contributed by atoms with Crippen LogP contribution in [-0.4, -0.2) is 70.1 Å². The van der Waals surface area contributed by atoms with Crippen molar-refractivity contribution in [2.45, 2.75) is 45.8 Å². The van der Waals surface area contributed by atoms with Gasteiger partial charge in [-0.15, -0.1) is 0 Å². The molecule has 0 radical (unpaired) electrons. The number of para-hydroxylation sites is 1. The Kier molecular flexibility index (Phi) is 4.82. The first kappa shape index (κ1) is 19.4. The number of fused-ring (bicyclic) bond motifs is 3. The van der Waals surface area contributed by atoms with Crippen molar-refractivity contribution < 1.29 is 14.7 Å². The highest BCUT2D eigenvalue weighted by atomic mass is 16.3. The Hall–Kier alpha value is -2.87. The monoisotopic (exact) mass is 397 g/mol. The topological polar surface area (TPSA) is 79.7 Å². The number of carbonyl (C=O) groups is 2. The van der Waals surface area contributed by atoms with Crippen molar-refractivity contribution in [1.82, 2.24) is 14.7 Å². The second-order valence-electron chi connectivity index (χ2n) is 7.61. The number of allylic oxidation sites excluding steroid dienone is 2. The number of aliphatic imine (C=N–C) groups is 1. The Morgan fingerprint density at radius 1 is 1.14 bits per heavy atom. The lowest BCUT2D eigenvalue weighted by molar-refractivity contribution is -0.136. The number of aliphatic hydroxyl groups excluding tert-OH is 1. The number of aliphatic hydroxyl groups is 1. The minimum absolute atomic E-state index is 0.0695. The molecule has 1 fully saturated rings. The number of amides is 3. The predicted octanol–water partition coefficient (Wildman–Crippen LogP) is 1.96. The number of guanidine groups is 1. The summed E-state index contributed by atoms with van der Waals surface area (Å²) in [5.41, 5.74) is 4.22. The van der Waals surface area contributed by atoms with E-state index in [0.717, 1.165) is 23.5 Å². The summed E-state index contributed by atoms with van der Waals surface area (Å²) in [7, 11) is 1.68. The van der Waals surface area contributed by atoms with E-state index < -0.39 is 12.2 Å². The van der Waals surface area contributed by atoms with Crippen molar-refractivity contribution in [3.8, 4) is 0 Å². The molecule has 3 aliphatic heterocycles. The van der Waals surface area contributed by atoms with Gasteiger partial charge in [-0.3, -0.25) is 19.5 Å². The van der Waals surface area contributed by atoms with E-state index in [1.54, 1.807) is 7.05 Å². The lowest BCUT2D eigenvalue weighted by Gasteiger charge is -2.40. The molecule has 3 aliphatic rings. The van der Waals surface area contributed by atoms with Gasteiger partial charge in [0, 0.05) is 31.6 Å². The summed E-state index contributed by atoms with van der Waals surface area (Å²) in [5.74, 6) is 0.427. The van der Waals surface area contributed by atoms with Crippen LogP contribution in [0.15, 0.2) is 40.7 Å². The van der Waals surface area contributed by atoms with Crippen LogP contribution in [0.2, 0.25) is 0 Å². The van der Waals surface area contributed by atoms with E-state index in [1.807, 2.05) is 30.9 Å². The normalized spacial score (nSPS) is 23.8. The van der Waals surface area contributed by atoms with E-state index in [4.69, 9.17) is 10.1 Å². The molecule has 1 aromatic carbocycles. The van der Waals surface area contributed by atoms with Crippen LogP contribution in [0.3, 0.4) is 0 Å². The van der Waals surface area contributed by atoms with Crippen LogP contribution < -0.4 is 4.90 Å². The molecule has 0 spiro atoms. The third kappa shape index (κ3) is 2.73. The molecule has 3 heterocycles. The highest BCUT2D eigenvalue weighted by Crippen LogP contribution is 2.40. The fourth-order valence-electron chi connectivity index (χ4n) is 4.36. The first-order valence-corrected chi connectivity index (χ1v) is 10.0. The van der Waals surface area contributed by atoms with E-state index in [-0.39, 0.29) is 25.1 Å². The van der Waals surface area contributed by atoms with E-state index in [1.165, 1.54) is 15.4 Å². The van der Waals surface area contributed by atoms with Gasteiger partial charge in [-0.25, -0.2) is 9.79 Å². The van der Waals surface area contributed by atoms with Crippen LogP contribution in [0, 0.1) is 0 Å². The second kappa shape index (κ2) is 7.18. The van der Waals surface area contributed by atoms with Crippen LogP contribution in [0.5, 0.6) is 0 Å². The number of rotatable bonds is 5. The number of anilines is 1. The third-order valence-corrected chi connectivity index (χ3v) is 6.05. The number of likely N-dealkylation sites (N-methyl/N-ethyl adjacent to an activating group) is 1. The molecule has 154 valence electrons. The molecule has 8 heteroatoms. The van der Waals surface area contributed by atoms with Gasteiger partial charge in [0.2, 0.25) is 5.96 Å². The zero-order valence-electron chi connectivity index (χ0n) is 17.3. The maximum Gasteiger partial charge on any atom is 0.328 e. The fraction of sp³-hybridized carbons (Fsp3) is 0.476. The first-order valence-electron chi connectivity index (χ1n) is 10.0. The average Bonchev–Trinajstić information content (AvgIpc) is 3.22. The van der Waals surface area contributed by atoms with E-state index in [0.29, 0.717) is 12.4 Å². The van der Waals surface area contributed by atoms with Gasteiger partial charge in [0.15, 0.2) is 12.2 Å². The number of hydrogen-bond donors (Lipinski definition) is 1. The van der Waals surface area contributed by atoms with Gasteiger partial charge in [0.05, 0.1) is 5.69 Å². The van der Waals surface area contributed by atoms with Crippen molar-refractivity contribution in [3.05, 3.63) is 41.2 Å². The average molecular weight is 397 g/mol. The van der Waals surface area contributed by atoms with Gasteiger partial charge in [0.1, 0.15) is 0 Å². The Morgan fingerprint density at radius 2 is 1.86 bits per heavy atom. The van der Waals surface area contributed by atoms with Crippen molar-refractivity contribution in [1.29, 1.82) is 0 Å². The summed E-state index contributed by atoms with van der Waals surface area (Å²) in [6.07, 6.45) is 0.681. The molecule has 0 aliphatic carbocycles. The molecule has 3 amide bonds. The minimum Gasteiger partial charge on any atom is -0.396 e. The van der Waals surface area contributed by atoms with E-state index >= 15 is 0 Å². The molecule has 1 aromatic rings. The van der Waals surface area contributed by atoms with Crippen LogP contribution in [0.1, 0.15) is 32.8 Å². The molecular weight excluding hydrogens is 370 g/mol. The van der Waals surface area contributed by atoms with Gasteiger partial charge in [0.25, 0.3) is 5.91 Å². The zero-order chi connectivity index (χ0) is 20.9. The number of nitrogens with zero attached hydrogens (tertiary/aromatic N) is 5. The molecule has 0 bridgehead atoms. The second-order valence-corrected chi connectivity index (χ2v) is 7.61. The van der Waals surface area contributed by atoms with Gasteiger partial charge in [-0.05, 0) is 38.3 Å². The molecule has 1 N–H and O–H groups in total. The van der Waals surface area contributed by atoms with Crippen molar-refractivity contribution in [2.75, 3.05) is 25.1 Å². The summed E-state index contributed by atoms with van der Waals surface area (Å²) in [6, 6.07) is 7.23. The molecule has 2 atom stereocenters. The maximum atomic E-state index is 13.3. The van der Waals surface area contributed by atoms with Crippen molar-refractivity contribution >= 4 is 23.6 Å². The molecule has 8 nitrogen and oxygen atoms in total. The highest BCUT2D eigenvalue weighted by Gasteiger charge is 2.55. The molecule has 29 heavy (non-hydrogen) atoms. The standard InChI is InChI=1S/C21H27N5O3/c1-5-15-9-6-7-10-16(15)25-13(2)14(3)26-17-18(22-20(25)26)23(4)21(29)24(19(17)28)11-8-12-27/h6-7,9-10,17-18,27H,5,8,11-12H2,1-4H3. The largest absolute Gasteiger partial charge is 0.396 e. The van der Waals surface area contributed by atoms with Crippen LogP contribution in [0.25, 0.3) is 0 Å². The Bertz CT molecular complexity index is 925. The van der Waals surface area contributed by atoms with Crippen LogP contribution >= 0.6 is 0 Å². The third-order valence-electron chi connectivity index (χ3n) is 6.05. The highest BCUT2D eigenvalue weighted by molar-refractivity contribution is 6.10. The predicted molar refractivity (Wildman–Crippen MR) is 110 cm³/mol. The van der Waals surface area contributed by atoms with Crippen LogP contribution in [-0.2, 0) is 11.2 Å². The smallest absolute Gasteiger partial charge is 0.328 e. The summed E-state index contributed by atoms with van der Waals surface area (Å²) < 4.78 is 0. The molecule has 0 aromatic heterocycles. The van der Waals surface area contributed by atoms with Gasteiger partial charge < -0.3 is 10.0 Å². The van der Waals surface area contributed by atoms with E-state index in [9.17, 15) is 9.59 Å². The number of urea groups is 1. The SMILES string of the molecule is CCc1ccccc1N1C2=NC3C(C(=O)N(CCCO)C(=O)N3C)N2C(C)=C1C. The number of carbonyl (C=O) groups excluding carboxylic acids is 2. The van der Waals surface area contributed by atoms with Crippen LogP contribution in [0.4, 0.5) is 10.5 Å². The van der Waals surface area contributed by atoms with Gasteiger partial charge in [-0.1, -0.05) is 25.1 Å². The Labute approximate surface area is 170 Å². The Balaban J connectivity index is 1.76. The quantitative estimate of drug-likeness (QED) is 0.822. The van der Waals surface area contributed by atoms with Crippen molar-refractivity contribution in [3.63, 3.8) is 0 Å². The number of benzene rings is 1. The molecule has 2 unspecified atom stereocenters. The van der Waals surface area contributed by atoms with E-state index in [2.05, 4.69) is 24.0 Å². The Morgan fingerprint density at radius 3 is 2.55 bits per heavy atom. The number of hydrogen-bond acceptors (Lipinski definition) is 6. The number of aryl methyl sites for hydroxylation is 1. The lowest BCUT2D eigenvalue weighted by atomic mass is 10.1. The van der Waals surface area contributed by atoms with Crippen molar-refractivity contribution in [2.24, 2.45) is 4.99 Å². The first-order chi connectivity index (χ1) is 13.9. The molecule has 1 saturated heterocycles. The zero-order valence-corrected chi connectivity index (χ0v) is 17.3. The molecule has 0 saturated carbocycles. The fourth-order valence-corrected chi connectivity index (χ4v) is 4.36. The lowest BCUT2D eigenvalue weighted by Crippen LogP contribution is -2.64. The maximum absolute atomic E-state index is 13.3. The summed E-state index contributed by atoms with van der Waals surface area (Å²) >= 11 is 0. The minimum atomic E-state index is -0.583. The van der Waals surface area contributed by atoms with Gasteiger partial charge >= 0.3 is 6.03 Å². The summed E-state index contributed by atoms with van der Waals surface area (Å²) in [4.78, 5) is 37.7. The number of imide groups is 1. The molecular formula is C21H27N5O3. The molecule has 4 rings (SSSR count). The summed E-state index contributed by atoms with van der Waals surface area (Å²) in [5, 5.41) is 9.15. The van der Waals surface area contributed by atoms with Gasteiger partial charge in [-0.2, -0.15) is 0 Å². The summed E-state index contributed by atoms with van der Waals surface area (Å²) in [6.45, 7) is 6.27.